The SMILES string of the molecule is CC(CCO)CNc1cc(N)cc(OC(C)C)c1. The van der Waals surface area contributed by atoms with Crippen LogP contribution in [0.2, 0.25) is 0 Å². The van der Waals surface area contributed by atoms with Crippen molar-refractivity contribution in [2.24, 2.45) is 5.92 Å². The summed E-state index contributed by atoms with van der Waals surface area (Å²) in [5, 5.41) is 12.2. The summed E-state index contributed by atoms with van der Waals surface area (Å²) in [4.78, 5) is 0. The maximum Gasteiger partial charge on any atom is 0.123 e. The number of hydrogen-bond donors (Lipinski definition) is 3. The molecule has 0 spiro atoms. The molecule has 0 saturated carbocycles. The van der Waals surface area contributed by atoms with E-state index in [1.807, 2.05) is 32.0 Å². The highest BCUT2D eigenvalue weighted by Gasteiger charge is 2.04. The van der Waals surface area contributed by atoms with Gasteiger partial charge < -0.3 is 20.9 Å². The highest BCUT2D eigenvalue weighted by molar-refractivity contribution is 5.59. The molecule has 4 N–H and O–H groups in total. The highest BCUT2D eigenvalue weighted by Crippen LogP contribution is 2.23. The van der Waals surface area contributed by atoms with Crippen molar-refractivity contribution in [1.29, 1.82) is 0 Å². The van der Waals surface area contributed by atoms with Crippen molar-refractivity contribution in [3.63, 3.8) is 0 Å². The van der Waals surface area contributed by atoms with Gasteiger partial charge in [-0.05, 0) is 32.3 Å². The van der Waals surface area contributed by atoms with Gasteiger partial charge in [-0.2, -0.15) is 0 Å². The van der Waals surface area contributed by atoms with Gasteiger partial charge in [0, 0.05) is 36.7 Å². The van der Waals surface area contributed by atoms with Gasteiger partial charge in [0.1, 0.15) is 5.75 Å². The number of aliphatic hydroxyl groups is 1. The third-order valence-electron chi connectivity index (χ3n) is 2.58. The molecule has 4 nitrogen and oxygen atoms in total. The lowest BCUT2D eigenvalue weighted by Gasteiger charge is -2.15. The molecule has 0 saturated heterocycles. The van der Waals surface area contributed by atoms with Gasteiger partial charge in [-0.1, -0.05) is 6.92 Å². The van der Waals surface area contributed by atoms with Crippen molar-refractivity contribution < 1.29 is 9.84 Å². The molecule has 18 heavy (non-hydrogen) atoms. The molecule has 0 aliphatic rings. The molecule has 0 aliphatic heterocycles. The molecule has 0 radical (unpaired) electrons. The third kappa shape index (κ3) is 5.27. The zero-order valence-corrected chi connectivity index (χ0v) is 11.4. The van der Waals surface area contributed by atoms with E-state index in [1.54, 1.807) is 0 Å². The van der Waals surface area contributed by atoms with Crippen LogP contribution < -0.4 is 15.8 Å². The number of nitrogen functional groups attached to an aromatic ring is 1. The van der Waals surface area contributed by atoms with E-state index in [4.69, 9.17) is 15.6 Å². The lowest BCUT2D eigenvalue weighted by molar-refractivity contribution is 0.242. The smallest absolute Gasteiger partial charge is 0.123 e. The Morgan fingerprint density at radius 1 is 1.28 bits per heavy atom. The summed E-state index contributed by atoms with van der Waals surface area (Å²) in [6, 6.07) is 5.66. The molecule has 102 valence electrons. The van der Waals surface area contributed by atoms with Gasteiger partial charge in [-0.3, -0.25) is 0 Å². The van der Waals surface area contributed by atoms with Gasteiger partial charge in [0.2, 0.25) is 0 Å². The number of hydrogen-bond acceptors (Lipinski definition) is 4. The standard InChI is InChI=1S/C14H24N2O2/c1-10(2)18-14-7-12(15)6-13(8-14)16-9-11(3)4-5-17/h6-8,10-11,16-17H,4-5,9,15H2,1-3H3. The normalized spacial score (nSPS) is 12.5. The number of aliphatic hydroxyl groups excluding tert-OH is 1. The van der Waals surface area contributed by atoms with E-state index in [1.165, 1.54) is 0 Å². The second-order valence-electron chi connectivity index (χ2n) is 4.96. The van der Waals surface area contributed by atoms with E-state index < -0.39 is 0 Å². The molecular formula is C14H24N2O2. The third-order valence-corrected chi connectivity index (χ3v) is 2.58. The zero-order chi connectivity index (χ0) is 13.5. The first-order valence-corrected chi connectivity index (χ1v) is 6.43. The molecule has 1 rings (SSSR count). The maximum absolute atomic E-state index is 8.85. The Labute approximate surface area is 109 Å². The van der Waals surface area contributed by atoms with Crippen LogP contribution in [0, 0.1) is 5.92 Å². The van der Waals surface area contributed by atoms with Crippen molar-refractivity contribution in [3.8, 4) is 5.75 Å². The lowest BCUT2D eigenvalue weighted by Crippen LogP contribution is -2.13. The summed E-state index contributed by atoms with van der Waals surface area (Å²) in [6.07, 6.45) is 0.929. The Morgan fingerprint density at radius 2 is 2.00 bits per heavy atom. The van der Waals surface area contributed by atoms with Gasteiger partial charge in [-0.15, -0.1) is 0 Å². The molecule has 1 aromatic rings. The second kappa shape index (κ2) is 7.11. The first kappa shape index (κ1) is 14.6. The largest absolute Gasteiger partial charge is 0.491 e. The Hall–Kier alpha value is -1.42. The molecule has 1 aromatic carbocycles. The number of rotatable bonds is 7. The van der Waals surface area contributed by atoms with Crippen molar-refractivity contribution >= 4 is 11.4 Å². The summed E-state index contributed by atoms with van der Waals surface area (Å²) >= 11 is 0. The topological polar surface area (TPSA) is 67.5 Å². The van der Waals surface area contributed by atoms with Crippen LogP contribution in [-0.2, 0) is 0 Å². The molecular weight excluding hydrogens is 228 g/mol. The van der Waals surface area contributed by atoms with Crippen molar-refractivity contribution in [2.45, 2.75) is 33.3 Å². The fourth-order valence-electron chi connectivity index (χ4n) is 1.68. The number of ether oxygens (including phenoxy) is 1. The average Bonchev–Trinajstić information content (AvgIpc) is 2.25. The monoisotopic (exact) mass is 252 g/mol. The van der Waals surface area contributed by atoms with Gasteiger partial charge >= 0.3 is 0 Å². The number of nitrogens with one attached hydrogen (secondary N) is 1. The van der Waals surface area contributed by atoms with E-state index in [-0.39, 0.29) is 12.7 Å². The van der Waals surface area contributed by atoms with Crippen LogP contribution >= 0.6 is 0 Å². The quantitative estimate of drug-likeness (QED) is 0.652. The minimum atomic E-state index is 0.132. The predicted octanol–water partition coefficient (Wildman–Crippen LogP) is 2.49. The Kier molecular flexibility index (Phi) is 5.78. The fourth-order valence-corrected chi connectivity index (χ4v) is 1.68. The summed E-state index contributed by atoms with van der Waals surface area (Å²) in [5.74, 6) is 1.20. The molecule has 0 fully saturated rings. The molecule has 0 aromatic heterocycles. The van der Waals surface area contributed by atoms with Gasteiger partial charge in [0.25, 0.3) is 0 Å². The minimum Gasteiger partial charge on any atom is -0.491 e. The summed E-state index contributed by atoms with van der Waals surface area (Å²) < 4.78 is 5.63. The van der Waals surface area contributed by atoms with E-state index in [2.05, 4.69) is 12.2 Å². The minimum absolute atomic E-state index is 0.132. The van der Waals surface area contributed by atoms with Crippen LogP contribution in [0.3, 0.4) is 0 Å². The van der Waals surface area contributed by atoms with Gasteiger partial charge in [0.05, 0.1) is 6.10 Å². The van der Waals surface area contributed by atoms with Crippen molar-refractivity contribution in [3.05, 3.63) is 18.2 Å². The first-order chi connectivity index (χ1) is 8.51. The summed E-state index contributed by atoms with van der Waals surface area (Å²) in [5.41, 5.74) is 7.48. The van der Waals surface area contributed by atoms with E-state index in [0.29, 0.717) is 11.6 Å². The van der Waals surface area contributed by atoms with Gasteiger partial charge in [-0.25, -0.2) is 0 Å². The predicted molar refractivity (Wildman–Crippen MR) is 76.0 cm³/mol. The molecule has 0 amide bonds. The van der Waals surface area contributed by atoms with Crippen LogP contribution in [0.4, 0.5) is 11.4 Å². The van der Waals surface area contributed by atoms with Crippen LogP contribution in [0.5, 0.6) is 5.75 Å². The van der Waals surface area contributed by atoms with Crippen molar-refractivity contribution in [2.75, 3.05) is 24.2 Å². The zero-order valence-electron chi connectivity index (χ0n) is 11.4. The highest BCUT2D eigenvalue weighted by atomic mass is 16.5. The molecule has 1 atom stereocenters. The number of nitrogens with two attached hydrogens (primary N) is 1. The fraction of sp³-hybridized carbons (Fsp3) is 0.571. The van der Waals surface area contributed by atoms with E-state index in [0.717, 1.165) is 24.4 Å². The summed E-state index contributed by atoms with van der Waals surface area (Å²) in [7, 11) is 0. The van der Waals surface area contributed by atoms with Crippen LogP contribution in [0.15, 0.2) is 18.2 Å². The molecule has 0 heterocycles. The summed E-state index contributed by atoms with van der Waals surface area (Å²) in [6.45, 7) is 7.10. The second-order valence-corrected chi connectivity index (χ2v) is 4.96. The lowest BCUT2D eigenvalue weighted by atomic mass is 10.1. The Bertz CT molecular complexity index is 367. The van der Waals surface area contributed by atoms with Crippen LogP contribution in [0.25, 0.3) is 0 Å². The van der Waals surface area contributed by atoms with Gasteiger partial charge in [0.15, 0.2) is 0 Å². The van der Waals surface area contributed by atoms with E-state index >= 15 is 0 Å². The number of anilines is 2. The maximum atomic E-state index is 8.85. The first-order valence-electron chi connectivity index (χ1n) is 6.43. The average molecular weight is 252 g/mol. The molecule has 0 aliphatic carbocycles. The molecule has 4 heteroatoms. The molecule has 1 unspecified atom stereocenters. The Morgan fingerprint density at radius 3 is 2.61 bits per heavy atom. The Balaban J connectivity index is 2.62. The van der Waals surface area contributed by atoms with E-state index in [9.17, 15) is 0 Å². The molecule has 0 bridgehead atoms. The number of benzene rings is 1. The van der Waals surface area contributed by atoms with Crippen LogP contribution in [-0.4, -0.2) is 24.4 Å². The van der Waals surface area contributed by atoms with Crippen LogP contribution in [0.1, 0.15) is 27.2 Å². The van der Waals surface area contributed by atoms with Crippen molar-refractivity contribution in [1.82, 2.24) is 0 Å².